The highest BCUT2D eigenvalue weighted by atomic mass is 35.5. The van der Waals surface area contributed by atoms with E-state index in [1.54, 1.807) is 0 Å². The lowest BCUT2D eigenvalue weighted by Gasteiger charge is -2.14. The largest absolute Gasteiger partial charge is 0.433 e. The fourth-order valence-electron chi connectivity index (χ4n) is 1.28. The fraction of sp³-hybridized carbons (Fsp3) is 0.400. The van der Waals surface area contributed by atoms with Crippen molar-refractivity contribution in [3.63, 3.8) is 0 Å². The molecule has 0 saturated carbocycles. The van der Waals surface area contributed by atoms with Crippen molar-refractivity contribution in [1.29, 1.82) is 0 Å². The Bertz CT molecular complexity index is 631. The zero-order valence-electron chi connectivity index (χ0n) is 10.1. The second kappa shape index (κ2) is 5.57. The summed E-state index contributed by atoms with van der Waals surface area (Å²) in [5.41, 5.74) is 2.92. The second-order valence-corrected chi connectivity index (χ2v) is 6.51. The van der Waals surface area contributed by atoms with Crippen LogP contribution in [0.5, 0.6) is 0 Å². The van der Waals surface area contributed by atoms with Crippen LogP contribution in [0.25, 0.3) is 0 Å². The number of sulfone groups is 1. The molecular weight excluding hydrogens is 321 g/mol. The van der Waals surface area contributed by atoms with Gasteiger partial charge in [-0.1, -0.05) is 0 Å². The van der Waals surface area contributed by atoms with Crippen LogP contribution in [0.1, 0.15) is 23.0 Å². The van der Waals surface area contributed by atoms with Gasteiger partial charge in [-0.2, -0.15) is 13.2 Å². The van der Waals surface area contributed by atoms with Gasteiger partial charge in [0.05, 0.1) is 10.8 Å². The van der Waals surface area contributed by atoms with E-state index in [0.717, 1.165) is 0 Å². The van der Waals surface area contributed by atoms with E-state index in [9.17, 15) is 26.4 Å². The Balaban J connectivity index is 3.61. The minimum atomic E-state index is -4.84. The number of hydrogen-bond donors (Lipinski definition) is 1. The van der Waals surface area contributed by atoms with Crippen LogP contribution in [0.2, 0.25) is 0 Å². The quantitative estimate of drug-likeness (QED) is 0.849. The first-order valence-corrected chi connectivity index (χ1v) is 7.27. The summed E-state index contributed by atoms with van der Waals surface area (Å²) in [4.78, 5) is 14.2. The van der Waals surface area contributed by atoms with E-state index in [-0.39, 0.29) is 5.88 Å². The van der Waals surface area contributed by atoms with Crippen molar-refractivity contribution in [3.8, 4) is 0 Å². The zero-order chi connectivity index (χ0) is 15.7. The summed E-state index contributed by atoms with van der Waals surface area (Å²) < 4.78 is 61.8. The maximum atomic E-state index is 12.6. The molecule has 112 valence electrons. The van der Waals surface area contributed by atoms with Crippen LogP contribution in [-0.2, 0) is 16.0 Å². The van der Waals surface area contributed by atoms with Gasteiger partial charge < -0.3 is 5.73 Å². The van der Waals surface area contributed by atoms with E-state index in [4.69, 9.17) is 17.3 Å². The number of carbonyl (C=O) groups is 1. The summed E-state index contributed by atoms with van der Waals surface area (Å²) in [5, 5.41) is -2.22. The molecule has 0 aromatic carbocycles. The molecule has 1 amide bonds. The van der Waals surface area contributed by atoms with Gasteiger partial charge in [0.15, 0.2) is 14.9 Å². The molecule has 1 heterocycles. The van der Waals surface area contributed by atoms with Crippen molar-refractivity contribution in [3.05, 3.63) is 23.4 Å². The molecule has 0 radical (unpaired) electrons. The average molecular weight is 331 g/mol. The Labute approximate surface area is 117 Å². The van der Waals surface area contributed by atoms with Crippen LogP contribution in [-0.4, -0.2) is 30.4 Å². The minimum Gasteiger partial charge on any atom is -0.366 e. The van der Waals surface area contributed by atoms with Crippen LogP contribution in [0, 0.1) is 0 Å². The highest BCUT2D eigenvalue weighted by molar-refractivity contribution is 7.92. The van der Waals surface area contributed by atoms with Crippen LogP contribution in [0.3, 0.4) is 0 Å². The Morgan fingerprint density at radius 1 is 1.45 bits per heavy atom. The molecule has 0 aliphatic rings. The third-order valence-electron chi connectivity index (χ3n) is 2.43. The summed E-state index contributed by atoms with van der Waals surface area (Å²) in [6, 6.07) is 1.18. The SMILES string of the molecule is CC(CCl)S(=O)(=O)c1nc(C(F)(F)F)ccc1C(N)=O. The van der Waals surface area contributed by atoms with E-state index < -0.39 is 43.5 Å². The second-order valence-electron chi connectivity index (χ2n) is 3.92. The summed E-state index contributed by atoms with van der Waals surface area (Å²) in [5.74, 6) is -1.55. The first-order chi connectivity index (χ1) is 9.01. The van der Waals surface area contributed by atoms with E-state index in [1.807, 2.05) is 0 Å². The molecule has 0 bridgehead atoms. The zero-order valence-corrected chi connectivity index (χ0v) is 11.7. The number of amides is 1. The molecule has 1 rings (SSSR count). The molecule has 0 fully saturated rings. The lowest BCUT2D eigenvalue weighted by Crippen LogP contribution is -2.26. The Morgan fingerprint density at radius 2 is 2.00 bits per heavy atom. The smallest absolute Gasteiger partial charge is 0.366 e. The third kappa shape index (κ3) is 3.21. The average Bonchev–Trinajstić information content (AvgIpc) is 2.35. The van der Waals surface area contributed by atoms with Gasteiger partial charge in [-0.3, -0.25) is 4.79 Å². The van der Waals surface area contributed by atoms with Crippen molar-refractivity contribution in [2.75, 3.05) is 5.88 Å². The maximum Gasteiger partial charge on any atom is 0.433 e. The van der Waals surface area contributed by atoms with Gasteiger partial charge in [-0.15, -0.1) is 11.6 Å². The standard InChI is InChI=1S/C10H10ClF3N2O3S/c1-5(4-11)20(18,19)9-6(8(15)17)2-3-7(16-9)10(12,13)14/h2-3,5H,4H2,1H3,(H2,15,17). The maximum absolute atomic E-state index is 12.6. The molecule has 5 nitrogen and oxygen atoms in total. The number of hydrogen-bond acceptors (Lipinski definition) is 4. The molecule has 1 aromatic rings. The summed E-state index contributed by atoms with van der Waals surface area (Å²) >= 11 is 5.40. The molecule has 10 heteroatoms. The number of nitrogens with zero attached hydrogens (tertiary/aromatic N) is 1. The lowest BCUT2D eigenvalue weighted by atomic mass is 10.2. The van der Waals surface area contributed by atoms with Gasteiger partial charge in [0.1, 0.15) is 5.69 Å². The third-order valence-corrected chi connectivity index (χ3v) is 5.15. The summed E-state index contributed by atoms with van der Waals surface area (Å²) in [7, 11) is -4.29. The molecule has 0 spiro atoms. The van der Waals surface area contributed by atoms with Crippen molar-refractivity contribution in [2.45, 2.75) is 23.4 Å². The Kier molecular flexibility index (Phi) is 4.65. The first kappa shape index (κ1) is 16.7. The molecular formula is C10H10ClF3N2O3S. The van der Waals surface area contributed by atoms with Gasteiger partial charge in [0, 0.05) is 5.88 Å². The van der Waals surface area contributed by atoms with Crippen LogP contribution in [0.4, 0.5) is 13.2 Å². The van der Waals surface area contributed by atoms with E-state index in [1.165, 1.54) is 6.92 Å². The summed E-state index contributed by atoms with van der Waals surface area (Å²) in [6.07, 6.45) is -4.84. The van der Waals surface area contributed by atoms with Crippen molar-refractivity contribution in [1.82, 2.24) is 4.98 Å². The van der Waals surface area contributed by atoms with Gasteiger partial charge in [-0.05, 0) is 19.1 Å². The lowest BCUT2D eigenvalue weighted by molar-refractivity contribution is -0.141. The highest BCUT2D eigenvalue weighted by Crippen LogP contribution is 2.30. The molecule has 1 unspecified atom stereocenters. The fourth-order valence-corrected chi connectivity index (χ4v) is 3.02. The molecule has 0 aliphatic heterocycles. The van der Waals surface area contributed by atoms with Crippen molar-refractivity contribution in [2.24, 2.45) is 5.73 Å². The van der Waals surface area contributed by atoms with Crippen molar-refractivity contribution >= 4 is 27.3 Å². The number of carbonyl (C=O) groups excluding carboxylic acids is 1. The van der Waals surface area contributed by atoms with Crippen LogP contribution < -0.4 is 5.73 Å². The number of halogens is 4. The molecule has 1 atom stereocenters. The highest BCUT2D eigenvalue weighted by Gasteiger charge is 2.36. The normalized spacial score (nSPS) is 14.1. The van der Waals surface area contributed by atoms with E-state index in [0.29, 0.717) is 12.1 Å². The minimum absolute atomic E-state index is 0.363. The number of pyridine rings is 1. The number of rotatable bonds is 4. The predicted octanol–water partition coefficient (Wildman–Crippen LogP) is 1.60. The number of aromatic nitrogens is 1. The van der Waals surface area contributed by atoms with E-state index >= 15 is 0 Å². The van der Waals surface area contributed by atoms with E-state index in [2.05, 4.69) is 4.98 Å². The van der Waals surface area contributed by atoms with Gasteiger partial charge >= 0.3 is 6.18 Å². The molecule has 0 aliphatic carbocycles. The number of primary amides is 1. The van der Waals surface area contributed by atoms with Gasteiger partial charge in [0.25, 0.3) is 5.91 Å². The van der Waals surface area contributed by atoms with Crippen molar-refractivity contribution < 1.29 is 26.4 Å². The molecule has 2 N–H and O–H groups in total. The Morgan fingerprint density at radius 3 is 2.40 bits per heavy atom. The predicted molar refractivity (Wildman–Crippen MR) is 65.1 cm³/mol. The Hall–Kier alpha value is -1.35. The first-order valence-electron chi connectivity index (χ1n) is 5.19. The molecule has 1 aromatic heterocycles. The topological polar surface area (TPSA) is 90.1 Å². The summed E-state index contributed by atoms with van der Waals surface area (Å²) in [6.45, 7) is 1.19. The number of alkyl halides is 4. The number of nitrogens with two attached hydrogens (primary N) is 1. The van der Waals surface area contributed by atoms with Gasteiger partial charge in [0.2, 0.25) is 0 Å². The molecule has 0 saturated heterocycles. The van der Waals surface area contributed by atoms with Crippen LogP contribution in [0.15, 0.2) is 17.2 Å². The monoisotopic (exact) mass is 330 g/mol. The van der Waals surface area contributed by atoms with Gasteiger partial charge in [-0.25, -0.2) is 13.4 Å². The molecule has 20 heavy (non-hydrogen) atoms. The van der Waals surface area contributed by atoms with Crippen LogP contribution >= 0.6 is 11.6 Å².